The zero-order chi connectivity index (χ0) is 14.1. The molecule has 0 spiro atoms. The molecule has 0 saturated carbocycles. The van der Waals surface area contributed by atoms with Crippen molar-refractivity contribution in [3.63, 3.8) is 0 Å². The number of carbonyl (C=O) groups is 2. The van der Waals surface area contributed by atoms with E-state index in [2.05, 4.69) is 10.6 Å². The summed E-state index contributed by atoms with van der Waals surface area (Å²) in [6.45, 7) is 5.12. The Balaban J connectivity index is 2.06. The summed E-state index contributed by atoms with van der Waals surface area (Å²) in [7, 11) is 0. The quantitative estimate of drug-likeness (QED) is 0.709. The van der Waals surface area contributed by atoms with Gasteiger partial charge >= 0.3 is 0 Å². The monoisotopic (exact) mass is 284 g/mol. The van der Waals surface area contributed by atoms with Crippen molar-refractivity contribution in [3.8, 4) is 0 Å². The Bertz CT molecular complexity index is 391. The van der Waals surface area contributed by atoms with E-state index in [4.69, 9.17) is 4.74 Å². The third-order valence-electron chi connectivity index (χ3n) is 2.29. The number of thiophene rings is 1. The Labute approximate surface area is 117 Å². The number of amides is 2. The molecule has 5 nitrogen and oxygen atoms in total. The van der Waals surface area contributed by atoms with E-state index < -0.39 is 0 Å². The van der Waals surface area contributed by atoms with E-state index >= 15 is 0 Å². The van der Waals surface area contributed by atoms with Crippen molar-refractivity contribution < 1.29 is 14.3 Å². The van der Waals surface area contributed by atoms with Crippen LogP contribution in [0.15, 0.2) is 16.8 Å². The molecule has 0 atom stereocenters. The highest BCUT2D eigenvalue weighted by Crippen LogP contribution is 2.04. The molecule has 1 aromatic heterocycles. The lowest BCUT2D eigenvalue weighted by Gasteiger charge is -2.08. The lowest BCUT2D eigenvalue weighted by atomic mass is 10.3. The highest BCUT2D eigenvalue weighted by atomic mass is 32.1. The molecule has 0 saturated heterocycles. The van der Waals surface area contributed by atoms with Crippen LogP contribution >= 0.6 is 11.3 Å². The first-order chi connectivity index (χ1) is 9.09. The molecule has 0 aliphatic rings. The molecule has 2 N–H and O–H groups in total. The van der Waals surface area contributed by atoms with E-state index in [-0.39, 0.29) is 24.5 Å². The van der Waals surface area contributed by atoms with Gasteiger partial charge in [0.05, 0.1) is 12.6 Å². The summed E-state index contributed by atoms with van der Waals surface area (Å²) in [6, 6.07) is 1.72. The minimum atomic E-state index is -0.223. The molecule has 0 fully saturated rings. The van der Waals surface area contributed by atoms with Crippen molar-refractivity contribution in [2.75, 3.05) is 19.7 Å². The minimum absolute atomic E-state index is 0.000280. The summed E-state index contributed by atoms with van der Waals surface area (Å²) in [5.74, 6) is -0.410. The predicted molar refractivity (Wildman–Crippen MR) is 75.4 cm³/mol. The first-order valence-electron chi connectivity index (χ1n) is 6.28. The molecule has 1 aromatic rings. The molecule has 19 heavy (non-hydrogen) atoms. The molecule has 0 radical (unpaired) electrons. The molecule has 1 rings (SSSR count). The van der Waals surface area contributed by atoms with E-state index in [9.17, 15) is 9.59 Å². The molecule has 106 valence electrons. The molecule has 2 amide bonds. The summed E-state index contributed by atoms with van der Waals surface area (Å²) >= 11 is 1.45. The fourth-order valence-corrected chi connectivity index (χ4v) is 1.97. The van der Waals surface area contributed by atoms with Gasteiger partial charge in [0, 0.05) is 24.1 Å². The van der Waals surface area contributed by atoms with Crippen LogP contribution in [0.25, 0.3) is 0 Å². The normalized spacial score (nSPS) is 10.5. The summed E-state index contributed by atoms with van der Waals surface area (Å²) in [5, 5.41) is 8.86. The molecule has 0 aliphatic carbocycles. The second kappa shape index (κ2) is 8.66. The van der Waals surface area contributed by atoms with Gasteiger partial charge < -0.3 is 15.4 Å². The van der Waals surface area contributed by atoms with Gasteiger partial charge in [-0.05, 0) is 31.7 Å². The van der Waals surface area contributed by atoms with Crippen molar-refractivity contribution in [2.24, 2.45) is 0 Å². The molecule has 6 heteroatoms. The molecule has 0 bridgehead atoms. The fraction of sp³-hybridized carbons (Fsp3) is 0.538. The number of hydrogen-bond donors (Lipinski definition) is 2. The van der Waals surface area contributed by atoms with E-state index in [0.29, 0.717) is 18.7 Å². The average molecular weight is 284 g/mol. The van der Waals surface area contributed by atoms with Crippen molar-refractivity contribution in [1.29, 1.82) is 0 Å². The zero-order valence-electron chi connectivity index (χ0n) is 11.3. The van der Waals surface area contributed by atoms with E-state index in [1.54, 1.807) is 11.4 Å². The number of carbonyl (C=O) groups excluding carboxylic acids is 2. The van der Waals surface area contributed by atoms with E-state index in [1.165, 1.54) is 11.3 Å². The van der Waals surface area contributed by atoms with Crippen LogP contribution in [0.4, 0.5) is 0 Å². The van der Waals surface area contributed by atoms with Crippen molar-refractivity contribution >= 4 is 23.2 Å². The summed E-state index contributed by atoms with van der Waals surface area (Å²) in [4.78, 5) is 23.0. The van der Waals surface area contributed by atoms with Gasteiger partial charge in [0.25, 0.3) is 5.91 Å². The van der Waals surface area contributed by atoms with Crippen molar-refractivity contribution in [3.05, 3.63) is 22.4 Å². The van der Waals surface area contributed by atoms with E-state index in [0.717, 1.165) is 6.42 Å². The zero-order valence-corrected chi connectivity index (χ0v) is 12.1. The Morgan fingerprint density at radius 1 is 1.37 bits per heavy atom. The Kier molecular flexibility index (Phi) is 7.14. The second-order valence-electron chi connectivity index (χ2n) is 4.32. The Hall–Kier alpha value is -1.40. The Morgan fingerprint density at radius 3 is 2.79 bits per heavy atom. The summed E-state index contributed by atoms with van der Waals surface area (Å²) in [5.41, 5.74) is 0.586. The number of nitrogens with one attached hydrogen (secondary N) is 2. The van der Waals surface area contributed by atoms with E-state index in [1.807, 2.05) is 19.2 Å². The predicted octanol–water partition coefficient (Wildman–Crippen LogP) is 1.41. The van der Waals surface area contributed by atoms with Crippen LogP contribution in [0.3, 0.4) is 0 Å². The lowest BCUT2D eigenvalue weighted by molar-refractivity contribution is -0.120. The van der Waals surface area contributed by atoms with Gasteiger partial charge in [-0.15, -0.1) is 0 Å². The molecule has 0 unspecified atom stereocenters. The average Bonchev–Trinajstić information content (AvgIpc) is 2.89. The summed E-state index contributed by atoms with van der Waals surface area (Å²) in [6.07, 6.45) is 0.975. The van der Waals surface area contributed by atoms with Crippen LogP contribution in [0.5, 0.6) is 0 Å². The number of rotatable bonds is 8. The molecular weight excluding hydrogens is 264 g/mol. The smallest absolute Gasteiger partial charge is 0.252 e. The Morgan fingerprint density at radius 2 is 2.16 bits per heavy atom. The van der Waals surface area contributed by atoms with Crippen LogP contribution < -0.4 is 10.6 Å². The maximum atomic E-state index is 11.6. The van der Waals surface area contributed by atoms with Gasteiger partial charge in [0.15, 0.2) is 0 Å². The van der Waals surface area contributed by atoms with Crippen LogP contribution in [0.1, 0.15) is 30.6 Å². The van der Waals surface area contributed by atoms with Gasteiger partial charge in [-0.25, -0.2) is 0 Å². The molecule has 0 aromatic carbocycles. The molecular formula is C13H20N2O3S. The van der Waals surface area contributed by atoms with Crippen LogP contribution in [0.2, 0.25) is 0 Å². The van der Waals surface area contributed by atoms with Gasteiger partial charge in [0.2, 0.25) is 5.91 Å². The second-order valence-corrected chi connectivity index (χ2v) is 5.10. The topological polar surface area (TPSA) is 67.4 Å². The highest BCUT2D eigenvalue weighted by Gasteiger charge is 2.07. The largest absolute Gasteiger partial charge is 0.379 e. The third-order valence-corrected chi connectivity index (χ3v) is 2.97. The van der Waals surface area contributed by atoms with Gasteiger partial charge in [-0.2, -0.15) is 11.3 Å². The third kappa shape index (κ3) is 6.93. The maximum absolute atomic E-state index is 11.6. The lowest BCUT2D eigenvalue weighted by Crippen LogP contribution is -2.37. The molecule has 0 aliphatic heterocycles. The highest BCUT2D eigenvalue weighted by molar-refractivity contribution is 7.08. The van der Waals surface area contributed by atoms with Gasteiger partial charge in [-0.1, -0.05) is 0 Å². The maximum Gasteiger partial charge on any atom is 0.252 e. The van der Waals surface area contributed by atoms with Gasteiger partial charge in [-0.3, -0.25) is 9.59 Å². The first-order valence-corrected chi connectivity index (χ1v) is 7.22. The molecule has 1 heterocycles. The number of ether oxygens (including phenoxy) is 1. The van der Waals surface area contributed by atoms with Crippen LogP contribution in [0, 0.1) is 0 Å². The van der Waals surface area contributed by atoms with Crippen molar-refractivity contribution in [1.82, 2.24) is 10.6 Å². The van der Waals surface area contributed by atoms with Crippen molar-refractivity contribution in [2.45, 2.75) is 26.4 Å². The van der Waals surface area contributed by atoms with Crippen LogP contribution in [-0.2, 0) is 9.53 Å². The summed E-state index contributed by atoms with van der Waals surface area (Å²) < 4.78 is 5.35. The van der Waals surface area contributed by atoms with Crippen LogP contribution in [-0.4, -0.2) is 37.6 Å². The standard InChI is InChI=1S/C13H20N2O3S/c1-10(2)18-6-3-5-14-12(16)8-15-13(17)11-4-7-19-9-11/h4,7,9-10H,3,5-6,8H2,1-2H3,(H,14,16)(H,15,17). The van der Waals surface area contributed by atoms with Gasteiger partial charge in [0.1, 0.15) is 0 Å². The SMILES string of the molecule is CC(C)OCCCNC(=O)CNC(=O)c1ccsc1. The minimum Gasteiger partial charge on any atom is -0.379 e. The first kappa shape index (κ1) is 15.7. The fourth-order valence-electron chi connectivity index (χ4n) is 1.34. The number of hydrogen-bond acceptors (Lipinski definition) is 4.